The summed E-state index contributed by atoms with van der Waals surface area (Å²) in [6.45, 7) is 8.01. The summed E-state index contributed by atoms with van der Waals surface area (Å²) in [5.74, 6) is 3.25. The molecule has 0 aliphatic carbocycles. The van der Waals surface area contributed by atoms with Crippen molar-refractivity contribution < 1.29 is 19.3 Å². The summed E-state index contributed by atoms with van der Waals surface area (Å²) in [6, 6.07) is 8.08. The zero-order valence-electron chi connectivity index (χ0n) is 22.2. The van der Waals surface area contributed by atoms with Crippen LogP contribution >= 0.6 is 0 Å². The molecule has 2 atom stereocenters. The van der Waals surface area contributed by atoms with Gasteiger partial charge in [0.25, 0.3) is 0 Å². The van der Waals surface area contributed by atoms with E-state index < -0.39 is 6.10 Å². The van der Waals surface area contributed by atoms with Crippen LogP contribution in [0.15, 0.2) is 24.3 Å². The van der Waals surface area contributed by atoms with Gasteiger partial charge in [0.05, 0.1) is 12.6 Å². The standard InChI is InChI=1S/C28H41N5O4/c1-20-25(30-22-7-12-36-17-22)31-26(21-5-3-6-24(15-21)37-18-23(34)16-29-2)32-27(20)33-11-4-8-28(19-33)9-13-35-14-10-28/h3,5-6,15,22-23,29,34H,4,7-14,16-19H2,1-2H3,(H,30,31,32). The molecule has 1 spiro atoms. The fraction of sp³-hybridized carbons (Fsp3) is 0.643. The second-order valence-electron chi connectivity index (χ2n) is 10.7. The average molecular weight is 512 g/mol. The molecule has 0 amide bonds. The lowest BCUT2D eigenvalue weighted by molar-refractivity contribution is 0.00745. The van der Waals surface area contributed by atoms with Crippen LogP contribution < -0.4 is 20.3 Å². The van der Waals surface area contributed by atoms with Crippen molar-refractivity contribution in [3.63, 3.8) is 0 Å². The average Bonchev–Trinajstić information content (AvgIpc) is 3.43. The van der Waals surface area contributed by atoms with Crippen LogP contribution in [0.5, 0.6) is 5.75 Å². The molecule has 3 aliphatic heterocycles. The predicted octanol–water partition coefficient (Wildman–Crippen LogP) is 3.01. The van der Waals surface area contributed by atoms with E-state index in [-0.39, 0.29) is 12.6 Å². The Morgan fingerprint density at radius 2 is 2.05 bits per heavy atom. The second kappa shape index (κ2) is 11.9. The Morgan fingerprint density at radius 3 is 2.84 bits per heavy atom. The van der Waals surface area contributed by atoms with Crippen LogP contribution in [-0.2, 0) is 9.47 Å². The van der Waals surface area contributed by atoms with Crippen LogP contribution in [0.3, 0.4) is 0 Å². The van der Waals surface area contributed by atoms with Crippen LogP contribution in [0.4, 0.5) is 11.6 Å². The van der Waals surface area contributed by atoms with E-state index in [0.29, 0.717) is 30.1 Å². The molecule has 0 bridgehead atoms. The quantitative estimate of drug-likeness (QED) is 0.469. The van der Waals surface area contributed by atoms with Gasteiger partial charge in [-0.2, -0.15) is 0 Å². The van der Waals surface area contributed by atoms with Crippen LogP contribution in [0.2, 0.25) is 0 Å². The highest BCUT2D eigenvalue weighted by molar-refractivity contribution is 5.67. The minimum atomic E-state index is -0.572. The largest absolute Gasteiger partial charge is 0.491 e. The minimum Gasteiger partial charge on any atom is -0.491 e. The lowest BCUT2D eigenvalue weighted by Gasteiger charge is -2.46. The maximum atomic E-state index is 10.0. The number of anilines is 2. The number of hydrogen-bond donors (Lipinski definition) is 3. The van der Waals surface area contributed by atoms with Gasteiger partial charge in [-0.25, -0.2) is 9.97 Å². The van der Waals surface area contributed by atoms with E-state index in [0.717, 1.165) is 81.4 Å². The maximum absolute atomic E-state index is 10.0. The van der Waals surface area contributed by atoms with E-state index in [1.54, 1.807) is 0 Å². The van der Waals surface area contributed by atoms with Gasteiger partial charge in [-0.3, -0.25) is 0 Å². The summed E-state index contributed by atoms with van der Waals surface area (Å²) < 4.78 is 17.2. The van der Waals surface area contributed by atoms with Gasteiger partial charge in [0.15, 0.2) is 5.82 Å². The van der Waals surface area contributed by atoms with E-state index in [1.807, 2.05) is 31.3 Å². The van der Waals surface area contributed by atoms with E-state index in [4.69, 9.17) is 24.2 Å². The number of aliphatic hydroxyl groups excluding tert-OH is 1. The first kappa shape index (κ1) is 26.2. The Hall–Kier alpha value is -2.46. The molecule has 3 fully saturated rings. The molecule has 3 saturated heterocycles. The Balaban J connectivity index is 1.45. The predicted molar refractivity (Wildman–Crippen MR) is 144 cm³/mol. The van der Waals surface area contributed by atoms with Gasteiger partial charge in [-0.05, 0) is 63.6 Å². The molecular weight excluding hydrogens is 470 g/mol. The molecule has 0 radical (unpaired) electrons. The number of aliphatic hydroxyl groups is 1. The molecule has 5 rings (SSSR count). The molecule has 202 valence electrons. The minimum absolute atomic E-state index is 0.221. The Kier molecular flexibility index (Phi) is 8.44. The topological polar surface area (TPSA) is 101 Å². The lowest BCUT2D eigenvalue weighted by Crippen LogP contribution is -2.46. The highest BCUT2D eigenvalue weighted by Gasteiger charge is 2.38. The molecule has 0 saturated carbocycles. The van der Waals surface area contributed by atoms with Crippen molar-refractivity contribution in [3.05, 3.63) is 29.8 Å². The molecule has 9 nitrogen and oxygen atoms in total. The third kappa shape index (κ3) is 6.34. The Morgan fingerprint density at radius 1 is 1.19 bits per heavy atom. The SMILES string of the molecule is CNCC(O)COc1cccc(-c2nc(NC3CCOC3)c(C)c(N3CCCC4(CCOCC4)C3)n2)c1. The van der Waals surface area contributed by atoms with Crippen molar-refractivity contribution in [2.75, 3.05) is 69.9 Å². The van der Waals surface area contributed by atoms with Crippen molar-refractivity contribution in [1.82, 2.24) is 15.3 Å². The van der Waals surface area contributed by atoms with Crippen LogP contribution in [0.1, 0.15) is 37.7 Å². The van der Waals surface area contributed by atoms with Crippen molar-refractivity contribution in [2.24, 2.45) is 5.41 Å². The third-order valence-electron chi connectivity index (χ3n) is 7.88. The zero-order chi connectivity index (χ0) is 25.7. The van der Waals surface area contributed by atoms with Crippen molar-refractivity contribution in [3.8, 4) is 17.1 Å². The van der Waals surface area contributed by atoms with Gasteiger partial charge in [0, 0.05) is 50.6 Å². The number of ether oxygens (including phenoxy) is 3. The molecule has 2 aromatic rings. The first-order valence-corrected chi connectivity index (χ1v) is 13.7. The highest BCUT2D eigenvalue weighted by atomic mass is 16.5. The summed E-state index contributed by atoms with van der Waals surface area (Å²) in [5.41, 5.74) is 2.29. The molecule has 3 aliphatic rings. The molecule has 3 N–H and O–H groups in total. The summed E-state index contributed by atoms with van der Waals surface area (Å²) in [6.07, 6.45) is 5.05. The van der Waals surface area contributed by atoms with E-state index in [1.165, 1.54) is 6.42 Å². The molecule has 4 heterocycles. The molecule has 37 heavy (non-hydrogen) atoms. The zero-order valence-corrected chi connectivity index (χ0v) is 22.2. The van der Waals surface area contributed by atoms with E-state index in [9.17, 15) is 5.11 Å². The van der Waals surface area contributed by atoms with Crippen molar-refractivity contribution in [1.29, 1.82) is 0 Å². The smallest absolute Gasteiger partial charge is 0.164 e. The molecular formula is C28H41N5O4. The van der Waals surface area contributed by atoms with Crippen molar-refractivity contribution in [2.45, 2.75) is 51.2 Å². The summed E-state index contributed by atoms with van der Waals surface area (Å²) in [5, 5.41) is 16.6. The van der Waals surface area contributed by atoms with Gasteiger partial charge in [0.1, 0.15) is 30.1 Å². The fourth-order valence-corrected chi connectivity index (χ4v) is 5.74. The van der Waals surface area contributed by atoms with Crippen LogP contribution in [0.25, 0.3) is 11.4 Å². The number of aromatic nitrogens is 2. The first-order valence-electron chi connectivity index (χ1n) is 13.7. The second-order valence-corrected chi connectivity index (χ2v) is 10.7. The Labute approximate surface area is 219 Å². The van der Waals surface area contributed by atoms with E-state index >= 15 is 0 Å². The van der Waals surface area contributed by atoms with Gasteiger partial charge >= 0.3 is 0 Å². The number of piperidine rings is 1. The van der Waals surface area contributed by atoms with Crippen molar-refractivity contribution >= 4 is 11.6 Å². The summed E-state index contributed by atoms with van der Waals surface area (Å²) in [4.78, 5) is 12.6. The number of nitrogens with zero attached hydrogens (tertiary/aromatic N) is 3. The highest BCUT2D eigenvalue weighted by Crippen LogP contribution is 2.41. The molecule has 2 unspecified atom stereocenters. The Bertz CT molecular complexity index is 1030. The normalized spacial score (nSPS) is 22.2. The number of nitrogens with one attached hydrogen (secondary N) is 2. The fourth-order valence-electron chi connectivity index (χ4n) is 5.74. The monoisotopic (exact) mass is 511 g/mol. The molecule has 9 heteroatoms. The number of hydrogen-bond acceptors (Lipinski definition) is 9. The van der Waals surface area contributed by atoms with Gasteiger partial charge in [-0.15, -0.1) is 0 Å². The lowest BCUT2D eigenvalue weighted by atomic mass is 9.74. The summed E-state index contributed by atoms with van der Waals surface area (Å²) >= 11 is 0. The number of rotatable bonds is 9. The number of benzene rings is 1. The van der Waals surface area contributed by atoms with Gasteiger partial charge in [0.2, 0.25) is 0 Å². The maximum Gasteiger partial charge on any atom is 0.164 e. The molecule has 1 aromatic carbocycles. The van der Waals surface area contributed by atoms with Crippen LogP contribution in [-0.4, -0.2) is 86.9 Å². The van der Waals surface area contributed by atoms with Crippen LogP contribution in [0, 0.1) is 12.3 Å². The third-order valence-corrected chi connectivity index (χ3v) is 7.88. The first-order chi connectivity index (χ1) is 18.0. The molecule has 1 aromatic heterocycles. The van der Waals surface area contributed by atoms with E-state index in [2.05, 4.69) is 22.5 Å². The van der Waals surface area contributed by atoms with Gasteiger partial charge < -0.3 is 34.9 Å². The summed E-state index contributed by atoms with van der Waals surface area (Å²) in [7, 11) is 1.81. The van der Waals surface area contributed by atoms with Gasteiger partial charge in [-0.1, -0.05) is 12.1 Å². The number of likely N-dealkylation sites (N-methyl/N-ethyl adjacent to an activating group) is 1.